The Morgan fingerprint density at radius 1 is 1.41 bits per heavy atom. The van der Waals surface area contributed by atoms with Crippen LogP contribution < -0.4 is 4.74 Å². The topological polar surface area (TPSA) is 55.2 Å². The second-order valence-corrected chi connectivity index (χ2v) is 4.73. The van der Waals surface area contributed by atoms with Crippen LogP contribution in [-0.2, 0) is 6.61 Å². The van der Waals surface area contributed by atoms with E-state index in [1.807, 2.05) is 6.92 Å². The third-order valence-electron chi connectivity index (χ3n) is 2.07. The summed E-state index contributed by atoms with van der Waals surface area (Å²) in [4.78, 5) is 0. The quantitative estimate of drug-likeness (QED) is 0.928. The van der Waals surface area contributed by atoms with Gasteiger partial charge in [0.25, 0.3) is 0 Å². The first-order valence-corrected chi connectivity index (χ1v) is 6.30. The molecule has 90 valence electrons. The van der Waals surface area contributed by atoms with Gasteiger partial charge < -0.3 is 9.84 Å². The molecule has 0 amide bonds. The predicted molar refractivity (Wildman–Crippen MR) is 67.4 cm³/mol. The smallest absolute Gasteiger partial charge is 0.151 e. The summed E-state index contributed by atoms with van der Waals surface area (Å²) in [5.41, 5.74) is 0.802. The molecule has 2 rings (SSSR count). The van der Waals surface area contributed by atoms with Crippen LogP contribution in [0.3, 0.4) is 0 Å². The van der Waals surface area contributed by atoms with Crippen LogP contribution in [0.15, 0.2) is 18.2 Å². The molecule has 1 aromatic heterocycles. The van der Waals surface area contributed by atoms with E-state index >= 15 is 0 Å². The summed E-state index contributed by atoms with van der Waals surface area (Å²) in [6.45, 7) is 2.38. The summed E-state index contributed by atoms with van der Waals surface area (Å²) in [5, 5.41) is 18.7. The molecule has 0 radical (unpaired) electrons. The SMILES string of the molecule is CCOc1ccc(Cl)cc1-c1nnc(CO)s1. The van der Waals surface area contributed by atoms with Crippen molar-refractivity contribution in [2.24, 2.45) is 0 Å². The molecule has 0 fully saturated rings. The fraction of sp³-hybridized carbons (Fsp3) is 0.273. The number of rotatable bonds is 4. The van der Waals surface area contributed by atoms with E-state index in [2.05, 4.69) is 10.2 Å². The number of halogens is 1. The van der Waals surface area contributed by atoms with Crippen LogP contribution in [0.1, 0.15) is 11.9 Å². The Bertz CT molecular complexity index is 516. The first-order valence-electron chi connectivity index (χ1n) is 5.10. The summed E-state index contributed by atoms with van der Waals surface area (Å²) in [6.07, 6.45) is 0. The van der Waals surface area contributed by atoms with Crippen LogP contribution in [0.2, 0.25) is 5.02 Å². The monoisotopic (exact) mass is 270 g/mol. The molecular weight excluding hydrogens is 260 g/mol. The minimum atomic E-state index is -0.109. The summed E-state index contributed by atoms with van der Waals surface area (Å²) in [5.74, 6) is 0.720. The van der Waals surface area contributed by atoms with Crippen molar-refractivity contribution in [1.82, 2.24) is 10.2 Å². The maximum Gasteiger partial charge on any atom is 0.151 e. The van der Waals surface area contributed by atoms with Gasteiger partial charge in [0.05, 0.1) is 18.8 Å². The Balaban J connectivity index is 2.44. The van der Waals surface area contributed by atoms with E-state index in [4.69, 9.17) is 21.4 Å². The minimum absolute atomic E-state index is 0.109. The average Bonchev–Trinajstić information content (AvgIpc) is 2.80. The van der Waals surface area contributed by atoms with Gasteiger partial charge in [0.1, 0.15) is 10.8 Å². The number of benzene rings is 1. The van der Waals surface area contributed by atoms with E-state index in [1.54, 1.807) is 18.2 Å². The van der Waals surface area contributed by atoms with Crippen molar-refractivity contribution in [3.05, 3.63) is 28.2 Å². The predicted octanol–water partition coefficient (Wildman–Crippen LogP) is 2.75. The molecule has 1 heterocycles. The van der Waals surface area contributed by atoms with E-state index in [0.717, 1.165) is 11.3 Å². The highest BCUT2D eigenvalue weighted by Crippen LogP contribution is 2.34. The van der Waals surface area contributed by atoms with Crippen molar-refractivity contribution in [3.63, 3.8) is 0 Å². The van der Waals surface area contributed by atoms with Crippen LogP contribution in [0.25, 0.3) is 10.6 Å². The van der Waals surface area contributed by atoms with Gasteiger partial charge >= 0.3 is 0 Å². The third kappa shape index (κ3) is 2.74. The van der Waals surface area contributed by atoms with Gasteiger partial charge in [-0.3, -0.25) is 0 Å². The maximum absolute atomic E-state index is 8.98. The standard InChI is InChI=1S/C11H11ClN2O2S/c1-2-16-9-4-3-7(12)5-8(9)11-14-13-10(6-15)17-11/h3-5,15H,2,6H2,1H3. The van der Waals surface area contributed by atoms with Gasteiger partial charge in [0.2, 0.25) is 0 Å². The molecule has 1 aromatic carbocycles. The van der Waals surface area contributed by atoms with Gasteiger partial charge in [-0.15, -0.1) is 10.2 Å². The van der Waals surface area contributed by atoms with E-state index in [-0.39, 0.29) is 6.61 Å². The third-order valence-corrected chi connectivity index (χ3v) is 3.25. The molecule has 0 bridgehead atoms. The number of aliphatic hydroxyl groups excluding tert-OH is 1. The number of nitrogens with zero attached hydrogens (tertiary/aromatic N) is 2. The Morgan fingerprint density at radius 3 is 2.88 bits per heavy atom. The maximum atomic E-state index is 8.98. The van der Waals surface area contributed by atoms with Crippen molar-refractivity contribution in [1.29, 1.82) is 0 Å². The summed E-state index contributed by atoms with van der Waals surface area (Å²) in [7, 11) is 0. The molecule has 6 heteroatoms. The van der Waals surface area contributed by atoms with Crippen molar-refractivity contribution in [3.8, 4) is 16.3 Å². The molecule has 0 aliphatic rings. The van der Waals surface area contributed by atoms with Crippen LogP contribution in [-0.4, -0.2) is 21.9 Å². The molecule has 1 N–H and O–H groups in total. The number of aliphatic hydroxyl groups is 1. The summed E-state index contributed by atoms with van der Waals surface area (Å²) < 4.78 is 5.51. The lowest BCUT2D eigenvalue weighted by Crippen LogP contribution is -1.93. The van der Waals surface area contributed by atoms with Crippen molar-refractivity contribution < 1.29 is 9.84 Å². The van der Waals surface area contributed by atoms with Gasteiger partial charge in [-0.1, -0.05) is 22.9 Å². The molecule has 0 aliphatic carbocycles. The lowest BCUT2D eigenvalue weighted by molar-refractivity contribution is 0.280. The Hall–Kier alpha value is -1.17. The Labute approximate surface area is 108 Å². The molecule has 2 aromatic rings. The normalized spacial score (nSPS) is 10.5. The molecule has 0 unspecified atom stereocenters. The molecule has 0 atom stereocenters. The van der Waals surface area contributed by atoms with Crippen LogP contribution in [0.4, 0.5) is 0 Å². The van der Waals surface area contributed by atoms with Gasteiger partial charge in [0.15, 0.2) is 5.01 Å². The van der Waals surface area contributed by atoms with E-state index in [0.29, 0.717) is 21.6 Å². The van der Waals surface area contributed by atoms with Crippen LogP contribution >= 0.6 is 22.9 Å². The number of hydrogen-bond acceptors (Lipinski definition) is 5. The molecule has 0 spiro atoms. The molecule has 4 nitrogen and oxygen atoms in total. The summed E-state index contributed by atoms with van der Waals surface area (Å²) in [6, 6.07) is 5.36. The average molecular weight is 271 g/mol. The Kier molecular flexibility index (Phi) is 3.93. The van der Waals surface area contributed by atoms with Gasteiger partial charge in [0, 0.05) is 5.02 Å². The van der Waals surface area contributed by atoms with Crippen molar-refractivity contribution in [2.75, 3.05) is 6.61 Å². The van der Waals surface area contributed by atoms with Crippen LogP contribution in [0.5, 0.6) is 5.75 Å². The highest BCUT2D eigenvalue weighted by atomic mass is 35.5. The molecule has 0 saturated heterocycles. The zero-order chi connectivity index (χ0) is 12.3. The fourth-order valence-corrected chi connectivity index (χ4v) is 2.27. The largest absolute Gasteiger partial charge is 0.493 e. The second-order valence-electron chi connectivity index (χ2n) is 3.23. The van der Waals surface area contributed by atoms with Crippen LogP contribution in [0, 0.1) is 0 Å². The van der Waals surface area contributed by atoms with Gasteiger partial charge in [-0.25, -0.2) is 0 Å². The summed E-state index contributed by atoms with van der Waals surface area (Å²) >= 11 is 7.28. The number of hydrogen-bond donors (Lipinski definition) is 1. The van der Waals surface area contributed by atoms with Gasteiger partial charge in [-0.2, -0.15) is 0 Å². The highest BCUT2D eigenvalue weighted by Gasteiger charge is 2.12. The van der Waals surface area contributed by atoms with Gasteiger partial charge in [-0.05, 0) is 25.1 Å². The number of aromatic nitrogens is 2. The molecular formula is C11H11ClN2O2S. The van der Waals surface area contributed by atoms with E-state index in [9.17, 15) is 0 Å². The van der Waals surface area contributed by atoms with E-state index in [1.165, 1.54) is 11.3 Å². The minimum Gasteiger partial charge on any atom is -0.493 e. The lowest BCUT2D eigenvalue weighted by Gasteiger charge is -2.07. The molecule has 0 aliphatic heterocycles. The second kappa shape index (κ2) is 5.44. The van der Waals surface area contributed by atoms with E-state index < -0.39 is 0 Å². The van der Waals surface area contributed by atoms with Crippen molar-refractivity contribution in [2.45, 2.75) is 13.5 Å². The first kappa shape index (κ1) is 12.3. The lowest BCUT2D eigenvalue weighted by atomic mass is 10.2. The molecule has 17 heavy (non-hydrogen) atoms. The first-order chi connectivity index (χ1) is 8.24. The number of ether oxygens (including phenoxy) is 1. The molecule has 0 saturated carbocycles. The zero-order valence-electron chi connectivity index (χ0n) is 9.18. The Morgan fingerprint density at radius 2 is 2.24 bits per heavy atom. The fourth-order valence-electron chi connectivity index (χ4n) is 1.38. The zero-order valence-corrected chi connectivity index (χ0v) is 10.8. The highest BCUT2D eigenvalue weighted by molar-refractivity contribution is 7.14. The van der Waals surface area contributed by atoms with Crippen molar-refractivity contribution >= 4 is 22.9 Å².